The quantitative estimate of drug-likeness (QED) is 0.779. The minimum Gasteiger partial charge on any atom is -0.356 e. The molecule has 0 aliphatic carbocycles. The molecule has 0 aromatic heterocycles. The first-order valence-electron chi connectivity index (χ1n) is 9.67. The molecule has 1 aromatic carbocycles. The minimum absolute atomic E-state index is 0.285. The van der Waals surface area contributed by atoms with Gasteiger partial charge in [-0.2, -0.15) is 0 Å². The summed E-state index contributed by atoms with van der Waals surface area (Å²) in [4.78, 5) is 4.92. The highest BCUT2D eigenvalue weighted by Gasteiger charge is 2.39. The molecule has 3 heterocycles. The predicted molar refractivity (Wildman–Crippen MR) is 108 cm³/mol. The lowest BCUT2D eigenvalue weighted by Crippen LogP contribution is -2.45. The minimum atomic E-state index is 0.285. The van der Waals surface area contributed by atoms with Crippen LogP contribution >= 0.6 is 0 Å². The Morgan fingerprint density at radius 2 is 1.08 bits per heavy atom. The van der Waals surface area contributed by atoms with Crippen LogP contribution in [0.25, 0.3) is 11.4 Å². The lowest BCUT2D eigenvalue weighted by Gasteiger charge is -2.41. The van der Waals surface area contributed by atoms with E-state index < -0.39 is 0 Å². The molecule has 4 nitrogen and oxygen atoms in total. The summed E-state index contributed by atoms with van der Waals surface area (Å²) in [5.74, 6) is 0. The Morgan fingerprint density at radius 1 is 0.692 bits per heavy atom. The first-order chi connectivity index (χ1) is 12.1. The number of fused-ring (bicyclic) bond motifs is 6. The number of hydrogen-bond acceptors (Lipinski definition) is 4. The van der Waals surface area contributed by atoms with Gasteiger partial charge >= 0.3 is 0 Å². The Kier molecular flexibility index (Phi) is 3.80. The fourth-order valence-electron chi connectivity index (χ4n) is 4.23. The summed E-state index contributed by atoms with van der Waals surface area (Å²) in [5, 5.41) is 4.92. The molecule has 1 aromatic rings. The molecule has 140 valence electrons. The van der Waals surface area contributed by atoms with Crippen LogP contribution < -0.4 is 0 Å². The van der Waals surface area contributed by atoms with Gasteiger partial charge in [-0.15, -0.1) is 0 Å². The van der Waals surface area contributed by atoms with Crippen LogP contribution in [0.2, 0.25) is 0 Å². The molecule has 0 saturated carbocycles. The molecule has 0 amide bonds. The van der Waals surface area contributed by atoms with Gasteiger partial charge in [0.2, 0.25) is 0 Å². The second-order valence-electron chi connectivity index (χ2n) is 10.3. The third-order valence-electron chi connectivity index (χ3n) is 4.92. The van der Waals surface area contributed by atoms with E-state index in [1.807, 2.05) is 0 Å². The summed E-state index contributed by atoms with van der Waals surface area (Å²) in [6.45, 7) is 17.8. The molecular formula is C22H32N4. The standard InChI is InChI=1S/C22H32N4/c1-21(2,3)13-23-11-19-17-9-7-8-10-18(17)20-12-24(14-22(4,5)6)16-26(20)25(19)15-23/h7-12H,13-16H2,1-6H3. The lowest BCUT2D eigenvalue weighted by atomic mass is 9.96. The third-order valence-corrected chi connectivity index (χ3v) is 4.92. The zero-order chi connectivity index (χ0) is 18.7. The fourth-order valence-corrected chi connectivity index (χ4v) is 4.23. The molecule has 0 fully saturated rings. The smallest absolute Gasteiger partial charge is 0.110 e. The molecule has 26 heavy (non-hydrogen) atoms. The molecule has 3 aliphatic rings. The molecule has 0 spiro atoms. The third kappa shape index (κ3) is 3.17. The Bertz CT molecular complexity index is 698. The van der Waals surface area contributed by atoms with E-state index >= 15 is 0 Å². The summed E-state index contributed by atoms with van der Waals surface area (Å²) in [6.07, 6.45) is 4.71. The van der Waals surface area contributed by atoms with E-state index in [1.165, 1.54) is 22.5 Å². The van der Waals surface area contributed by atoms with Crippen molar-refractivity contribution < 1.29 is 0 Å². The first kappa shape index (κ1) is 17.3. The number of rotatable bonds is 2. The van der Waals surface area contributed by atoms with Gasteiger partial charge in [-0.1, -0.05) is 65.8 Å². The van der Waals surface area contributed by atoms with Gasteiger partial charge in [0.1, 0.15) is 13.3 Å². The van der Waals surface area contributed by atoms with Gasteiger partial charge in [-0.05, 0) is 10.8 Å². The average Bonchev–Trinajstić information content (AvgIpc) is 3.07. The van der Waals surface area contributed by atoms with E-state index in [0.29, 0.717) is 0 Å². The van der Waals surface area contributed by atoms with Crippen molar-refractivity contribution in [3.8, 4) is 0 Å². The summed E-state index contributed by atoms with van der Waals surface area (Å²) in [7, 11) is 0. The lowest BCUT2D eigenvalue weighted by molar-refractivity contribution is 0.0385. The molecule has 4 heteroatoms. The van der Waals surface area contributed by atoms with Crippen molar-refractivity contribution in [2.45, 2.75) is 41.5 Å². The Balaban J connectivity index is 1.69. The van der Waals surface area contributed by atoms with Crippen molar-refractivity contribution in [3.63, 3.8) is 0 Å². The molecule has 0 radical (unpaired) electrons. The molecule has 0 N–H and O–H groups in total. The molecule has 0 atom stereocenters. The highest BCUT2D eigenvalue weighted by molar-refractivity contribution is 5.83. The molecule has 4 rings (SSSR count). The summed E-state index contributed by atoms with van der Waals surface area (Å²) in [6, 6.07) is 8.84. The number of hydrogen-bond donors (Lipinski definition) is 0. The van der Waals surface area contributed by atoms with Crippen molar-refractivity contribution >= 4 is 11.4 Å². The van der Waals surface area contributed by atoms with Gasteiger partial charge in [0.05, 0.1) is 11.4 Å². The number of nitrogens with zero attached hydrogens (tertiary/aromatic N) is 4. The largest absolute Gasteiger partial charge is 0.356 e. The van der Waals surface area contributed by atoms with E-state index in [-0.39, 0.29) is 10.8 Å². The van der Waals surface area contributed by atoms with Crippen LogP contribution in [0, 0.1) is 10.8 Å². The monoisotopic (exact) mass is 352 g/mol. The normalized spacial score (nSPS) is 19.3. The van der Waals surface area contributed by atoms with Gasteiger partial charge in [0, 0.05) is 36.6 Å². The summed E-state index contributed by atoms with van der Waals surface area (Å²) >= 11 is 0. The maximum Gasteiger partial charge on any atom is 0.110 e. The van der Waals surface area contributed by atoms with E-state index in [0.717, 1.165) is 26.4 Å². The van der Waals surface area contributed by atoms with Crippen LogP contribution in [0.15, 0.2) is 36.7 Å². The topological polar surface area (TPSA) is 13.0 Å². The van der Waals surface area contributed by atoms with Gasteiger partial charge in [0.15, 0.2) is 0 Å². The Labute approximate surface area is 158 Å². The number of hydrazine groups is 1. The fraction of sp³-hybridized carbons (Fsp3) is 0.545. The molecule has 0 bridgehead atoms. The maximum absolute atomic E-state index is 2.46. The van der Waals surface area contributed by atoms with Crippen molar-refractivity contribution in [1.82, 2.24) is 19.8 Å². The molecule has 0 unspecified atom stereocenters. The van der Waals surface area contributed by atoms with Crippen LogP contribution in [-0.2, 0) is 0 Å². The Hall–Kier alpha value is -2.10. The van der Waals surface area contributed by atoms with E-state index in [4.69, 9.17) is 0 Å². The van der Waals surface area contributed by atoms with E-state index in [9.17, 15) is 0 Å². The molecular weight excluding hydrogens is 320 g/mol. The maximum atomic E-state index is 2.46. The second-order valence-corrected chi connectivity index (χ2v) is 10.3. The van der Waals surface area contributed by atoms with Crippen LogP contribution in [-0.4, -0.2) is 46.2 Å². The van der Waals surface area contributed by atoms with Crippen molar-refractivity contribution in [3.05, 3.63) is 47.8 Å². The van der Waals surface area contributed by atoms with Crippen molar-refractivity contribution in [1.29, 1.82) is 0 Å². The summed E-state index contributed by atoms with van der Waals surface area (Å²) < 4.78 is 0. The zero-order valence-corrected chi connectivity index (χ0v) is 17.1. The van der Waals surface area contributed by atoms with E-state index in [1.54, 1.807) is 0 Å². The Morgan fingerprint density at radius 3 is 1.42 bits per heavy atom. The van der Waals surface area contributed by atoms with Crippen LogP contribution in [0.3, 0.4) is 0 Å². The van der Waals surface area contributed by atoms with Crippen LogP contribution in [0.4, 0.5) is 0 Å². The zero-order valence-electron chi connectivity index (χ0n) is 17.1. The van der Waals surface area contributed by atoms with Gasteiger partial charge in [0.25, 0.3) is 0 Å². The summed E-state index contributed by atoms with van der Waals surface area (Å²) in [5.41, 5.74) is 5.94. The SMILES string of the molecule is CC(C)(C)CN1C=C2c3ccccc3C3=CN(CC(C)(C)C)CN3N2C1. The van der Waals surface area contributed by atoms with Crippen molar-refractivity contribution in [2.75, 3.05) is 26.4 Å². The highest BCUT2D eigenvalue weighted by Crippen LogP contribution is 2.43. The predicted octanol–water partition coefficient (Wildman–Crippen LogP) is 4.45. The van der Waals surface area contributed by atoms with E-state index in [2.05, 4.69) is 98.0 Å². The van der Waals surface area contributed by atoms with Gasteiger partial charge in [-0.3, -0.25) is 10.0 Å². The van der Waals surface area contributed by atoms with Crippen molar-refractivity contribution in [2.24, 2.45) is 10.8 Å². The molecule has 0 saturated heterocycles. The average molecular weight is 353 g/mol. The van der Waals surface area contributed by atoms with Crippen LogP contribution in [0.1, 0.15) is 52.7 Å². The molecule has 3 aliphatic heterocycles. The second kappa shape index (κ2) is 5.70. The highest BCUT2D eigenvalue weighted by atomic mass is 15.7. The van der Waals surface area contributed by atoms with Gasteiger partial charge < -0.3 is 9.80 Å². The number of benzene rings is 1. The van der Waals surface area contributed by atoms with Gasteiger partial charge in [-0.25, -0.2) is 0 Å². The first-order valence-corrected chi connectivity index (χ1v) is 9.67. The van der Waals surface area contributed by atoms with Crippen LogP contribution in [0.5, 0.6) is 0 Å².